The molecule has 5 rings (SSSR count). The predicted molar refractivity (Wildman–Crippen MR) is 159 cm³/mol. The first-order valence-corrected chi connectivity index (χ1v) is 14.3. The molecule has 0 bridgehead atoms. The largest absolute Gasteiger partial charge is 0.480 e. The van der Waals surface area contributed by atoms with Crippen LogP contribution < -0.4 is 16.4 Å². The summed E-state index contributed by atoms with van der Waals surface area (Å²) < 4.78 is 0. The number of fused-ring (bicyclic) bond motifs is 1. The number of nitrogens with one attached hydrogen (secondary N) is 4. The highest BCUT2D eigenvalue weighted by molar-refractivity contribution is 5.95. The van der Waals surface area contributed by atoms with Gasteiger partial charge in [0.1, 0.15) is 18.1 Å². The van der Waals surface area contributed by atoms with Crippen molar-refractivity contribution in [2.45, 2.75) is 56.3 Å². The van der Waals surface area contributed by atoms with Crippen molar-refractivity contribution in [3.8, 4) is 0 Å². The molecule has 1 aliphatic heterocycles. The molecule has 0 aliphatic carbocycles. The Morgan fingerprint density at radius 2 is 1.74 bits per heavy atom. The molecule has 4 atom stereocenters. The Labute approximate surface area is 248 Å². The van der Waals surface area contributed by atoms with Gasteiger partial charge in [-0.2, -0.15) is 0 Å². The lowest BCUT2D eigenvalue weighted by molar-refractivity contribution is -0.144. The zero-order valence-corrected chi connectivity index (χ0v) is 23.5. The highest BCUT2D eigenvalue weighted by Gasteiger charge is 2.39. The molecule has 1 saturated heterocycles. The molecule has 12 heteroatoms. The molecule has 224 valence electrons. The number of aromatic amines is 2. The van der Waals surface area contributed by atoms with Crippen molar-refractivity contribution in [2.24, 2.45) is 5.73 Å². The third-order valence-corrected chi connectivity index (χ3v) is 7.78. The first-order chi connectivity index (χ1) is 20.8. The standard InChI is InChI=1S/C31H35N7O5/c32-23(14-20-16-34-24-10-5-4-9-22(20)24)28(39)36-25(13-19-7-2-1-3-8-19)30(41)38-12-6-11-27(38)29(40)37-26(31(42)43)15-21-17-33-18-35-21/h1-5,7-10,16-18,23,25-27,34H,6,11-15,32H2,(H,33,35)(H,36,39)(H,37,40)(H,42,43). The van der Waals surface area contributed by atoms with E-state index in [1.165, 1.54) is 17.4 Å². The second-order valence-electron chi connectivity index (χ2n) is 10.8. The molecule has 2 aromatic carbocycles. The number of hydrogen-bond acceptors (Lipinski definition) is 6. The van der Waals surface area contributed by atoms with Crippen molar-refractivity contribution >= 4 is 34.6 Å². The SMILES string of the molecule is NC(Cc1c[nH]c2ccccc12)C(=O)NC(Cc1ccccc1)C(=O)N1CCCC1C(=O)NC(Cc1cnc[nH]1)C(=O)O. The minimum absolute atomic E-state index is 0.0166. The summed E-state index contributed by atoms with van der Waals surface area (Å²) in [4.78, 5) is 63.8. The Bertz CT molecular complexity index is 1570. The Kier molecular flexibility index (Phi) is 9.16. The number of benzene rings is 2. The third-order valence-electron chi connectivity index (χ3n) is 7.78. The molecule has 4 aromatic rings. The van der Waals surface area contributed by atoms with Crippen LogP contribution in [0.5, 0.6) is 0 Å². The number of H-pyrrole nitrogens is 2. The normalized spacial score (nSPS) is 16.9. The molecular weight excluding hydrogens is 550 g/mol. The van der Waals surface area contributed by atoms with E-state index in [0.717, 1.165) is 22.0 Å². The van der Waals surface area contributed by atoms with Crippen molar-refractivity contribution in [3.63, 3.8) is 0 Å². The molecule has 1 aliphatic rings. The Morgan fingerprint density at radius 1 is 0.977 bits per heavy atom. The van der Waals surface area contributed by atoms with Crippen molar-refractivity contribution in [3.05, 3.63) is 90.1 Å². The fourth-order valence-corrected chi connectivity index (χ4v) is 5.55. The number of nitrogens with two attached hydrogens (primary N) is 1. The summed E-state index contributed by atoms with van der Waals surface area (Å²) in [7, 11) is 0. The highest BCUT2D eigenvalue weighted by Crippen LogP contribution is 2.21. The molecule has 0 saturated carbocycles. The van der Waals surface area contributed by atoms with Crippen molar-refractivity contribution in [1.82, 2.24) is 30.5 Å². The topological polar surface area (TPSA) is 186 Å². The molecule has 1 fully saturated rings. The summed E-state index contributed by atoms with van der Waals surface area (Å²) >= 11 is 0. The maximum absolute atomic E-state index is 13.9. The number of aliphatic carboxylic acids is 1. The van der Waals surface area contributed by atoms with E-state index in [1.54, 1.807) is 0 Å². The highest BCUT2D eigenvalue weighted by atomic mass is 16.4. The van der Waals surface area contributed by atoms with Crippen LogP contribution in [0, 0.1) is 0 Å². The van der Waals surface area contributed by atoms with Crippen molar-refractivity contribution in [1.29, 1.82) is 0 Å². The number of amides is 3. The number of carbonyl (C=O) groups excluding carboxylic acids is 3. The maximum Gasteiger partial charge on any atom is 0.326 e. The lowest BCUT2D eigenvalue weighted by Crippen LogP contribution is -2.57. The molecule has 2 aromatic heterocycles. The number of hydrogen-bond donors (Lipinski definition) is 6. The van der Waals surface area contributed by atoms with Gasteiger partial charge in [-0.25, -0.2) is 9.78 Å². The number of rotatable bonds is 12. The van der Waals surface area contributed by atoms with Crippen LogP contribution in [0.15, 0.2) is 73.3 Å². The first kappa shape index (κ1) is 29.5. The predicted octanol–water partition coefficient (Wildman–Crippen LogP) is 1.29. The van der Waals surface area contributed by atoms with E-state index in [1.807, 2.05) is 60.8 Å². The number of likely N-dealkylation sites (tertiary alicyclic amines) is 1. The quantitative estimate of drug-likeness (QED) is 0.145. The van der Waals surface area contributed by atoms with E-state index in [0.29, 0.717) is 25.1 Å². The average molecular weight is 586 g/mol. The first-order valence-electron chi connectivity index (χ1n) is 14.3. The molecule has 7 N–H and O–H groups in total. The van der Waals surface area contributed by atoms with Crippen LogP contribution >= 0.6 is 0 Å². The van der Waals surface area contributed by atoms with E-state index >= 15 is 0 Å². The fraction of sp³-hybridized carbons (Fsp3) is 0.323. The third kappa shape index (κ3) is 7.09. The van der Waals surface area contributed by atoms with E-state index < -0.39 is 47.9 Å². The van der Waals surface area contributed by atoms with Crippen LogP contribution in [0.2, 0.25) is 0 Å². The van der Waals surface area contributed by atoms with Gasteiger partial charge in [0.2, 0.25) is 17.7 Å². The van der Waals surface area contributed by atoms with Crippen molar-refractivity contribution in [2.75, 3.05) is 6.54 Å². The van der Waals surface area contributed by atoms with Gasteiger partial charge in [-0.15, -0.1) is 0 Å². The number of aromatic nitrogens is 3. The van der Waals surface area contributed by atoms with Gasteiger partial charge in [-0.05, 0) is 36.5 Å². The lowest BCUT2D eigenvalue weighted by Gasteiger charge is -2.30. The molecule has 0 radical (unpaired) electrons. The molecule has 43 heavy (non-hydrogen) atoms. The average Bonchev–Trinajstić information content (AvgIpc) is 3.78. The van der Waals surface area contributed by atoms with Gasteiger partial charge in [0.05, 0.1) is 12.4 Å². The van der Waals surface area contributed by atoms with Gasteiger partial charge in [0, 0.05) is 48.4 Å². The van der Waals surface area contributed by atoms with Gasteiger partial charge in [-0.3, -0.25) is 14.4 Å². The molecule has 3 heterocycles. The Morgan fingerprint density at radius 3 is 2.49 bits per heavy atom. The Hall–Kier alpha value is -4.97. The summed E-state index contributed by atoms with van der Waals surface area (Å²) in [6.45, 7) is 0.303. The zero-order chi connectivity index (χ0) is 30.3. The summed E-state index contributed by atoms with van der Waals surface area (Å²) in [5, 5.41) is 16.1. The maximum atomic E-state index is 13.9. The molecule has 4 unspecified atom stereocenters. The lowest BCUT2D eigenvalue weighted by atomic mass is 10.0. The van der Waals surface area contributed by atoms with E-state index in [9.17, 15) is 24.3 Å². The summed E-state index contributed by atoms with van der Waals surface area (Å²) in [6, 6.07) is 13.0. The number of carbonyl (C=O) groups is 4. The number of para-hydroxylation sites is 1. The van der Waals surface area contributed by atoms with E-state index in [-0.39, 0.29) is 19.3 Å². The van der Waals surface area contributed by atoms with Crippen LogP contribution in [0.1, 0.15) is 29.7 Å². The van der Waals surface area contributed by atoms with Gasteiger partial charge in [-0.1, -0.05) is 48.5 Å². The minimum Gasteiger partial charge on any atom is -0.480 e. The van der Waals surface area contributed by atoms with Gasteiger partial charge in [0.25, 0.3) is 0 Å². The fourth-order valence-electron chi connectivity index (χ4n) is 5.55. The van der Waals surface area contributed by atoms with Crippen LogP contribution in [-0.2, 0) is 38.4 Å². The van der Waals surface area contributed by atoms with Gasteiger partial charge in [0.15, 0.2) is 0 Å². The van der Waals surface area contributed by atoms with Crippen LogP contribution in [0.4, 0.5) is 0 Å². The minimum atomic E-state index is -1.20. The van der Waals surface area contributed by atoms with Crippen LogP contribution in [0.25, 0.3) is 10.9 Å². The second kappa shape index (κ2) is 13.3. The van der Waals surface area contributed by atoms with E-state index in [2.05, 4.69) is 25.6 Å². The summed E-state index contributed by atoms with van der Waals surface area (Å²) in [5.41, 5.74) is 9.55. The number of carboxylic acids is 1. The van der Waals surface area contributed by atoms with E-state index in [4.69, 9.17) is 5.73 Å². The van der Waals surface area contributed by atoms with Gasteiger partial charge < -0.3 is 36.3 Å². The molecular formula is C31H35N7O5. The number of nitrogens with zero attached hydrogens (tertiary/aromatic N) is 2. The van der Waals surface area contributed by atoms with Gasteiger partial charge >= 0.3 is 5.97 Å². The number of imidazole rings is 1. The Balaban J connectivity index is 1.30. The smallest absolute Gasteiger partial charge is 0.326 e. The number of carboxylic acid groups (broad SMARTS) is 1. The summed E-state index contributed by atoms with van der Waals surface area (Å²) in [6.07, 6.45) is 6.18. The molecule has 3 amide bonds. The zero-order valence-electron chi connectivity index (χ0n) is 23.5. The molecule has 12 nitrogen and oxygen atoms in total. The second-order valence-corrected chi connectivity index (χ2v) is 10.8. The monoisotopic (exact) mass is 585 g/mol. The summed E-state index contributed by atoms with van der Waals surface area (Å²) in [5.74, 6) is -2.66. The van der Waals surface area contributed by atoms with Crippen LogP contribution in [-0.4, -0.2) is 79.4 Å². The molecule has 0 spiro atoms. The van der Waals surface area contributed by atoms with Crippen molar-refractivity contribution < 1.29 is 24.3 Å². The van der Waals surface area contributed by atoms with Crippen LogP contribution in [0.3, 0.4) is 0 Å².